The first-order valence-electron chi connectivity index (χ1n) is 9.27. The SMILES string of the molecule is COc1ccc(C(=O)Oc2ccc(COC(=O)CCNC(C)(C)C)cc2O)cc1.Cl. The Morgan fingerprint density at radius 1 is 1.07 bits per heavy atom. The molecule has 0 aromatic heterocycles. The molecule has 164 valence electrons. The molecule has 2 aromatic carbocycles. The van der Waals surface area contributed by atoms with E-state index in [9.17, 15) is 14.7 Å². The molecule has 0 saturated carbocycles. The van der Waals surface area contributed by atoms with Gasteiger partial charge in [0, 0.05) is 12.1 Å². The third kappa shape index (κ3) is 8.31. The molecule has 0 heterocycles. The fourth-order valence-electron chi connectivity index (χ4n) is 2.40. The van der Waals surface area contributed by atoms with Crippen molar-refractivity contribution in [3.63, 3.8) is 0 Å². The van der Waals surface area contributed by atoms with Crippen molar-refractivity contribution in [3.8, 4) is 17.2 Å². The van der Waals surface area contributed by atoms with Crippen LogP contribution in [0.25, 0.3) is 0 Å². The smallest absolute Gasteiger partial charge is 0.343 e. The summed E-state index contributed by atoms with van der Waals surface area (Å²) in [6.45, 7) is 6.60. The molecule has 0 aliphatic heterocycles. The lowest BCUT2D eigenvalue weighted by atomic mass is 10.1. The van der Waals surface area contributed by atoms with Crippen LogP contribution in [0.4, 0.5) is 0 Å². The standard InChI is InChI=1S/C22H27NO6.ClH/c1-22(2,3)23-12-11-20(25)28-14-15-5-10-19(18(24)13-15)29-21(26)16-6-8-17(27-4)9-7-16;/h5-10,13,23-24H,11-12,14H2,1-4H3;1H. The van der Waals surface area contributed by atoms with Gasteiger partial charge in [0.25, 0.3) is 0 Å². The molecule has 0 aliphatic carbocycles. The van der Waals surface area contributed by atoms with Gasteiger partial charge in [-0.25, -0.2) is 4.79 Å². The molecule has 0 atom stereocenters. The van der Waals surface area contributed by atoms with Crippen LogP contribution < -0.4 is 14.8 Å². The highest BCUT2D eigenvalue weighted by molar-refractivity contribution is 5.91. The molecular formula is C22H28ClNO6. The van der Waals surface area contributed by atoms with Gasteiger partial charge in [-0.3, -0.25) is 4.79 Å². The highest BCUT2D eigenvalue weighted by Gasteiger charge is 2.14. The first kappa shape index (κ1) is 25.3. The van der Waals surface area contributed by atoms with Crippen LogP contribution in [-0.4, -0.2) is 36.2 Å². The van der Waals surface area contributed by atoms with Crippen LogP contribution in [-0.2, 0) is 16.1 Å². The van der Waals surface area contributed by atoms with Gasteiger partial charge in [0.15, 0.2) is 11.5 Å². The number of hydrogen-bond donors (Lipinski definition) is 2. The van der Waals surface area contributed by atoms with Crippen molar-refractivity contribution in [2.75, 3.05) is 13.7 Å². The average molecular weight is 438 g/mol. The van der Waals surface area contributed by atoms with E-state index in [2.05, 4.69) is 5.32 Å². The van der Waals surface area contributed by atoms with Gasteiger partial charge in [-0.2, -0.15) is 0 Å². The molecule has 0 amide bonds. The number of halogens is 1. The summed E-state index contributed by atoms with van der Waals surface area (Å²) >= 11 is 0. The van der Waals surface area contributed by atoms with Crippen molar-refractivity contribution in [1.29, 1.82) is 0 Å². The monoisotopic (exact) mass is 437 g/mol. The zero-order valence-electron chi connectivity index (χ0n) is 17.6. The van der Waals surface area contributed by atoms with Gasteiger partial charge in [0.05, 0.1) is 19.1 Å². The third-order valence-electron chi connectivity index (χ3n) is 3.94. The Hall–Kier alpha value is -2.77. The molecule has 0 unspecified atom stereocenters. The fraction of sp³-hybridized carbons (Fsp3) is 0.364. The van der Waals surface area contributed by atoms with Crippen molar-refractivity contribution >= 4 is 24.3 Å². The van der Waals surface area contributed by atoms with E-state index >= 15 is 0 Å². The highest BCUT2D eigenvalue weighted by Crippen LogP contribution is 2.28. The van der Waals surface area contributed by atoms with Crippen LogP contribution in [0.5, 0.6) is 17.2 Å². The number of rotatable bonds is 8. The van der Waals surface area contributed by atoms with Crippen molar-refractivity contribution < 1.29 is 28.9 Å². The van der Waals surface area contributed by atoms with Gasteiger partial charge >= 0.3 is 11.9 Å². The van der Waals surface area contributed by atoms with E-state index in [1.165, 1.54) is 19.2 Å². The lowest BCUT2D eigenvalue weighted by Gasteiger charge is -2.19. The van der Waals surface area contributed by atoms with Gasteiger partial charge in [0.2, 0.25) is 0 Å². The Morgan fingerprint density at radius 3 is 2.30 bits per heavy atom. The Balaban J connectivity index is 0.00000450. The quantitative estimate of drug-likeness (QED) is 0.478. The molecule has 0 fully saturated rings. The van der Waals surface area contributed by atoms with Crippen LogP contribution in [0.15, 0.2) is 42.5 Å². The molecular weight excluding hydrogens is 410 g/mol. The summed E-state index contributed by atoms with van der Waals surface area (Å²) < 4.78 is 15.5. The predicted octanol–water partition coefficient (Wildman–Crippen LogP) is 3.86. The maximum Gasteiger partial charge on any atom is 0.343 e. The number of hydrogen-bond acceptors (Lipinski definition) is 7. The third-order valence-corrected chi connectivity index (χ3v) is 3.94. The number of aromatic hydroxyl groups is 1. The van der Waals surface area contributed by atoms with Crippen molar-refractivity contribution in [3.05, 3.63) is 53.6 Å². The number of phenolic OH excluding ortho intramolecular Hbond substituents is 1. The largest absolute Gasteiger partial charge is 0.504 e. The van der Waals surface area contributed by atoms with Gasteiger partial charge in [0.1, 0.15) is 12.4 Å². The van der Waals surface area contributed by atoms with Crippen LogP contribution in [0.1, 0.15) is 43.1 Å². The van der Waals surface area contributed by atoms with Crippen molar-refractivity contribution in [2.45, 2.75) is 39.3 Å². The minimum Gasteiger partial charge on any atom is -0.504 e. The summed E-state index contributed by atoms with van der Waals surface area (Å²) in [4.78, 5) is 24.0. The Morgan fingerprint density at radius 2 is 1.73 bits per heavy atom. The molecule has 0 aliphatic rings. The summed E-state index contributed by atoms with van der Waals surface area (Å²) in [5, 5.41) is 13.3. The van der Waals surface area contributed by atoms with E-state index < -0.39 is 5.97 Å². The Labute approximate surface area is 182 Å². The molecule has 2 rings (SSSR count). The highest BCUT2D eigenvalue weighted by atomic mass is 35.5. The van der Waals surface area contributed by atoms with E-state index in [1.54, 1.807) is 30.3 Å². The molecule has 2 N–H and O–H groups in total. The molecule has 0 spiro atoms. The number of esters is 2. The fourth-order valence-corrected chi connectivity index (χ4v) is 2.40. The second-order valence-electron chi connectivity index (χ2n) is 7.51. The van der Waals surface area contributed by atoms with Gasteiger partial charge in [-0.15, -0.1) is 12.4 Å². The molecule has 0 radical (unpaired) electrons. The minimum atomic E-state index is -0.603. The van der Waals surface area contributed by atoms with Crippen LogP contribution in [0, 0.1) is 0 Å². The Kier molecular flexibility index (Phi) is 9.62. The number of benzene rings is 2. The molecule has 0 bridgehead atoms. The maximum absolute atomic E-state index is 12.2. The predicted molar refractivity (Wildman–Crippen MR) is 115 cm³/mol. The van der Waals surface area contributed by atoms with E-state index in [-0.39, 0.29) is 48.4 Å². The molecule has 30 heavy (non-hydrogen) atoms. The topological polar surface area (TPSA) is 94.1 Å². The van der Waals surface area contributed by atoms with Crippen LogP contribution >= 0.6 is 12.4 Å². The Bertz CT molecular complexity index is 846. The maximum atomic E-state index is 12.2. The second kappa shape index (κ2) is 11.4. The zero-order valence-corrected chi connectivity index (χ0v) is 18.4. The first-order valence-corrected chi connectivity index (χ1v) is 9.27. The van der Waals surface area contributed by atoms with E-state index in [0.29, 0.717) is 23.4 Å². The average Bonchev–Trinajstić information content (AvgIpc) is 2.67. The van der Waals surface area contributed by atoms with Gasteiger partial charge < -0.3 is 24.6 Å². The zero-order chi connectivity index (χ0) is 21.4. The normalized spacial score (nSPS) is 10.7. The summed E-state index contributed by atoms with van der Waals surface area (Å²) in [5.41, 5.74) is 0.849. The number of ether oxygens (including phenoxy) is 3. The molecule has 7 nitrogen and oxygen atoms in total. The number of methoxy groups -OCH3 is 1. The summed E-state index contributed by atoms with van der Waals surface area (Å²) in [5.74, 6) is -0.507. The molecule has 8 heteroatoms. The van der Waals surface area contributed by atoms with E-state index in [0.717, 1.165) is 0 Å². The summed E-state index contributed by atoms with van der Waals surface area (Å²) in [6, 6.07) is 10.9. The second-order valence-corrected chi connectivity index (χ2v) is 7.51. The van der Waals surface area contributed by atoms with Crippen molar-refractivity contribution in [2.24, 2.45) is 0 Å². The van der Waals surface area contributed by atoms with E-state index in [1.807, 2.05) is 20.8 Å². The molecule has 0 saturated heterocycles. The van der Waals surface area contributed by atoms with Gasteiger partial charge in [-0.1, -0.05) is 6.07 Å². The first-order chi connectivity index (χ1) is 13.7. The van der Waals surface area contributed by atoms with E-state index in [4.69, 9.17) is 14.2 Å². The van der Waals surface area contributed by atoms with Crippen molar-refractivity contribution in [1.82, 2.24) is 5.32 Å². The number of carbonyl (C=O) groups is 2. The lowest BCUT2D eigenvalue weighted by molar-refractivity contribution is -0.144. The summed E-state index contributed by atoms with van der Waals surface area (Å²) in [7, 11) is 1.53. The van der Waals surface area contributed by atoms with Gasteiger partial charge in [-0.05, 0) is 62.7 Å². The molecule has 2 aromatic rings. The van der Waals surface area contributed by atoms with Crippen LogP contribution in [0.2, 0.25) is 0 Å². The number of phenols is 1. The lowest BCUT2D eigenvalue weighted by Crippen LogP contribution is -2.37. The minimum absolute atomic E-state index is 0. The number of carbonyl (C=O) groups excluding carboxylic acids is 2. The summed E-state index contributed by atoms with van der Waals surface area (Å²) in [6.07, 6.45) is 0.251. The van der Waals surface area contributed by atoms with Crippen LogP contribution in [0.3, 0.4) is 0 Å². The number of nitrogens with one attached hydrogen (secondary N) is 1.